The van der Waals surface area contributed by atoms with Crippen molar-refractivity contribution in [3.63, 3.8) is 0 Å². The van der Waals surface area contributed by atoms with Crippen LogP contribution in [0.5, 0.6) is 5.75 Å². The number of aryl methyl sites for hydroxylation is 1. The highest BCUT2D eigenvalue weighted by atomic mass is 79.9. The first-order valence-electron chi connectivity index (χ1n) is 6.80. The minimum atomic E-state index is -4.90. The molecule has 0 bridgehead atoms. The van der Waals surface area contributed by atoms with Crippen LogP contribution in [0.2, 0.25) is 0 Å². The van der Waals surface area contributed by atoms with E-state index in [9.17, 15) is 22.8 Å². The van der Waals surface area contributed by atoms with Crippen LogP contribution in [0.15, 0.2) is 35.1 Å². The average Bonchev–Trinajstić information content (AvgIpc) is 2.88. The van der Waals surface area contributed by atoms with Crippen molar-refractivity contribution in [2.45, 2.75) is 6.36 Å². The molecule has 0 atom stereocenters. The summed E-state index contributed by atoms with van der Waals surface area (Å²) in [6, 6.07) is 6.41. The topological polar surface area (TPSA) is 50.8 Å². The van der Waals surface area contributed by atoms with Crippen molar-refractivity contribution < 1.29 is 22.3 Å². The van der Waals surface area contributed by atoms with Gasteiger partial charge in [-0.15, -0.1) is 13.2 Å². The molecule has 0 spiro atoms. The molecule has 0 saturated heterocycles. The normalized spacial score (nSPS) is 11.6. The maximum Gasteiger partial charge on any atom is 0.573 e. The van der Waals surface area contributed by atoms with E-state index in [0.29, 0.717) is 32.7 Å². The number of nitrogens with zero attached hydrogens (tertiary/aromatic N) is 3. The summed E-state index contributed by atoms with van der Waals surface area (Å²) in [6.45, 7) is 0. The van der Waals surface area contributed by atoms with Gasteiger partial charge in [0.05, 0.1) is 22.9 Å². The van der Waals surface area contributed by atoms with Gasteiger partial charge in [0.1, 0.15) is 17.6 Å². The molecule has 0 aliphatic rings. The lowest BCUT2D eigenvalue weighted by molar-refractivity contribution is -0.274. The second-order valence-electron chi connectivity index (χ2n) is 5.13. The van der Waals surface area contributed by atoms with Gasteiger partial charge in [-0.25, -0.2) is 9.37 Å². The predicted molar refractivity (Wildman–Crippen MR) is 85.2 cm³/mol. The summed E-state index contributed by atoms with van der Waals surface area (Å²) >= 11 is 3.26. The number of rotatable bonds is 2. The molecule has 0 unspecified atom stereocenters. The number of benzene rings is 2. The van der Waals surface area contributed by atoms with Crippen molar-refractivity contribution in [3.8, 4) is 22.9 Å². The van der Waals surface area contributed by atoms with Gasteiger partial charge in [0, 0.05) is 28.7 Å². The van der Waals surface area contributed by atoms with Gasteiger partial charge >= 0.3 is 6.36 Å². The van der Waals surface area contributed by atoms with Gasteiger partial charge in [0.2, 0.25) is 0 Å². The van der Waals surface area contributed by atoms with Crippen LogP contribution in [0.25, 0.3) is 22.2 Å². The second kappa shape index (κ2) is 6.04. The van der Waals surface area contributed by atoms with E-state index in [2.05, 4.69) is 25.7 Å². The average molecular weight is 414 g/mol. The van der Waals surface area contributed by atoms with Gasteiger partial charge in [-0.3, -0.25) is 0 Å². The summed E-state index contributed by atoms with van der Waals surface area (Å²) in [5, 5.41) is 9.30. The van der Waals surface area contributed by atoms with Crippen molar-refractivity contribution in [3.05, 3.63) is 46.4 Å². The highest BCUT2D eigenvalue weighted by molar-refractivity contribution is 9.10. The number of imidazole rings is 1. The van der Waals surface area contributed by atoms with E-state index >= 15 is 0 Å². The Labute approximate surface area is 147 Å². The third kappa shape index (κ3) is 3.17. The zero-order chi connectivity index (χ0) is 18.4. The van der Waals surface area contributed by atoms with E-state index in [1.165, 1.54) is 18.5 Å². The van der Waals surface area contributed by atoms with Crippen LogP contribution in [-0.4, -0.2) is 15.9 Å². The van der Waals surface area contributed by atoms with Gasteiger partial charge in [0.15, 0.2) is 0 Å². The zero-order valence-corrected chi connectivity index (χ0v) is 14.1. The third-order valence-corrected chi connectivity index (χ3v) is 4.14. The van der Waals surface area contributed by atoms with Crippen molar-refractivity contribution >= 4 is 27.0 Å². The molecule has 0 aliphatic heterocycles. The Morgan fingerprint density at radius 1 is 1.24 bits per heavy atom. The first kappa shape index (κ1) is 17.2. The highest BCUT2D eigenvalue weighted by Gasteiger charge is 2.31. The summed E-state index contributed by atoms with van der Waals surface area (Å²) in [5.41, 5.74) is 1.57. The molecular formula is C16H8BrF4N3O. The third-order valence-electron chi connectivity index (χ3n) is 3.51. The van der Waals surface area contributed by atoms with Gasteiger partial charge in [-0.2, -0.15) is 5.26 Å². The van der Waals surface area contributed by atoms with E-state index in [1.807, 2.05) is 6.07 Å². The SMILES string of the molecule is Cn1cnc2c(-c3ccc(OC(F)(F)F)cc3F)cc(Br)c(C#N)c21. The van der Waals surface area contributed by atoms with E-state index < -0.39 is 17.9 Å². The smallest absolute Gasteiger partial charge is 0.406 e. The molecule has 128 valence electrons. The van der Waals surface area contributed by atoms with Gasteiger partial charge in [-0.05, 0) is 34.1 Å². The Hall–Kier alpha value is -2.60. The van der Waals surface area contributed by atoms with Gasteiger partial charge in [0.25, 0.3) is 0 Å². The van der Waals surface area contributed by atoms with Crippen molar-refractivity contribution in [2.75, 3.05) is 0 Å². The molecule has 1 aromatic heterocycles. The summed E-state index contributed by atoms with van der Waals surface area (Å²) < 4.78 is 56.9. The fraction of sp³-hybridized carbons (Fsp3) is 0.125. The number of fused-ring (bicyclic) bond motifs is 1. The fourth-order valence-electron chi connectivity index (χ4n) is 2.53. The summed E-state index contributed by atoms with van der Waals surface area (Å²) in [6.07, 6.45) is -3.43. The molecule has 3 aromatic rings. The lowest BCUT2D eigenvalue weighted by Crippen LogP contribution is -2.17. The van der Waals surface area contributed by atoms with E-state index in [-0.39, 0.29) is 5.56 Å². The minimum absolute atomic E-state index is 0.0448. The fourth-order valence-corrected chi connectivity index (χ4v) is 3.03. The first-order valence-corrected chi connectivity index (χ1v) is 7.60. The molecular weight excluding hydrogens is 406 g/mol. The molecule has 25 heavy (non-hydrogen) atoms. The monoisotopic (exact) mass is 413 g/mol. The molecule has 4 nitrogen and oxygen atoms in total. The Bertz CT molecular complexity index is 1020. The predicted octanol–water partition coefficient (Wildman–Crippen LogP) is 4.91. The van der Waals surface area contributed by atoms with E-state index in [0.717, 1.165) is 6.07 Å². The first-order chi connectivity index (χ1) is 11.7. The quantitative estimate of drug-likeness (QED) is 0.560. The summed E-state index contributed by atoms with van der Waals surface area (Å²) in [5.74, 6) is -1.55. The molecule has 0 saturated carbocycles. The molecule has 9 heteroatoms. The molecule has 3 rings (SSSR count). The standard InChI is InChI=1S/C16H8BrF4N3O/c1-24-7-23-14-10(5-12(17)11(6-22)15(14)24)9-3-2-8(4-13(9)18)25-16(19,20)21/h2-5,7H,1H3. The minimum Gasteiger partial charge on any atom is -0.406 e. The number of hydrogen-bond acceptors (Lipinski definition) is 3. The lowest BCUT2D eigenvalue weighted by atomic mass is 10.0. The highest BCUT2D eigenvalue weighted by Crippen LogP contribution is 2.37. The Morgan fingerprint density at radius 2 is 1.96 bits per heavy atom. The summed E-state index contributed by atoms with van der Waals surface area (Å²) in [4.78, 5) is 4.18. The van der Waals surface area contributed by atoms with Gasteiger partial charge in [-0.1, -0.05) is 0 Å². The van der Waals surface area contributed by atoms with E-state index in [1.54, 1.807) is 11.6 Å². The number of aromatic nitrogens is 2. The number of nitriles is 1. The van der Waals surface area contributed by atoms with Crippen LogP contribution >= 0.6 is 15.9 Å². The molecule has 0 amide bonds. The zero-order valence-electron chi connectivity index (χ0n) is 12.5. The molecule has 0 radical (unpaired) electrons. The van der Waals surface area contributed by atoms with Crippen molar-refractivity contribution in [1.82, 2.24) is 9.55 Å². The number of ether oxygens (including phenoxy) is 1. The molecule has 2 aromatic carbocycles. The Balaban J connectivity index is 2.20. The molecule has 0 aliphatic carbocycles. The Kier molecular flexibility index (Phi) is 4.16. The molecule has 0 fully saturated rings. The number of hydrogen-bond donors (Lipinski definition) is 0. The van der Waals surface area contributed by atoms with Crippen LogP contribution in [0.1, 0.15) is 5.56 Å². The van der Waals surface area contributed by atoms with Crippen LogP contribution in [0.4, 0.5) is 17.6 Å². The number of halogens is 5. The summed E-state index contributed by atoms with van der Waals surface area (Å²) in [7, 11) is 1.68. The van der Waals surface area contributed by atoms with E-state index in [4.69, 9.17) is 0 Å². The Morgan fingerprint density at radius 3 is 2.56 bits per heavy atom. The molecule has 1 heterocycles. The van der Waals surface area contributed by atoms with Crippen LogP contribution in [0, 0.1) is 17.1 Å². The van der Waals surface area contributed by atoms with Crippen molar-refractivity contribution in [2.24, 2.45) is 7.05 Å². The van der Waals surface area contributed by atoms with Gasteiger partial charge < -0.3 is 9.30 Å². The second-order valence-corrected chi connectivity index (χ2v) is 5.99. The maximum atomic E-state index is 14.4. The van der Waals surface area contributed by atoms with Crippen LogP contribution in [0.3, 0.4) is 0 Å². The lowest BCUT2D eigenvalue weighted by Gasteiger charge is -2.12. The largest absolute Gasteiger partial charge is 0.573 e. The van der Waals surface area contributed by atoms with Crippen LogP contribution in [-0.2, 0) is 7.05 Å². The van der Waals surface area contributed by atoms with Crippen molar-refractivity contribution in [1.29, 1.82) is 5.26 Å². The maximum absolute atomic E-state index is 14.4. The number of alkyl halides is 3. The molecule has 0 N–H and O–H groups in total. The van der Waals surface area contributed by atoms with Crippen LogP contribution < -0.4 is 4.74 Å².